The molecular formula is C14H27ClN2O2. The number of hydrogen-bond acceptors (Lipinski definition) is 2. The summed E-state index contributed by atoms with van der Waals surface area (Å²) in [5.74, 6) is 0. The van der Waals surface area contributed by atoms with Crippen molar-refractivity contribution in [3.63, 3.8) is 0 Å². The van der Waals surface area contributed by atoms with Crippen molar-refractivity contribution < 1.29 is 9.90 Å². The SMILES string of the molecule is CC(C)(C)Cl.O=C(O)N1CCC2(CCCNC2)CC1. The monoisotopic (exact) mass is 290 g/mol. The van der Waals surface area contributed by atoms with Crippen LogP contribution in [0.15, 0.2) is 0 Å². The number of piperidine rings is 2. The highest BCUT2D eigenvalue weighted by Gasteiger charge is 2.36. The molecule has 2 heterocycles. The van der Waals surface area contributed by atoms with Gasteiger partial charge >= 0.3 is 6.09 Å². The molecule has 112 valence electrons. The lowest BCUT2D eigenvalue weighted by Gasteiger charge is -2.43. The summed E-state index contributed by atoms with van der Waals surface area (Å²) < 4.78 is 0. The van der Waals surface area contributed by atoms with Crippen LogP contribution >= 0.6 is 11.6 Å². The first-order chi connectivity index (χ1) is 8.72. The first-order valence-corrected chi connectivity index (χ1v) is 7.47. The van der Waals surface area contributed by atoms with Gasteiger partial charge in [-0.3, -0.25) is 0 Å². The summed E-state index contributed by atoms with van der Waals surface area (Å²) in [5.41, 5.74) is 0.407. The van der Waals surface area contributed by atoms with E-state index >= 15 is 0 Å². The van der Waals surface area contributed by atoms with Gasteiger partial charge in [-0.15, -0.1) is 11.6 Å². The van der Waals surface area contributed by atoms with Crippen molar-refractivity contribution in [1.82, 2.24) is 10.2 Å². The number of hydrogen-bond donors (Lipinski definition) is 2. The van der Waals surface area contributed by atoms with Gasteiger partial charge in [0.15, 0.2) is 0 Å². The summed E-state index contributed by atoms with van der Waals surface area (Å²) in [4.78, 5) is 12.2. The molecule has 2 N–H and O–H groups in total. The van der Waals surface area contributed by atoms with E-state index in [4.69, 9.17) is 16.7 Å². The lowest BCUT2D eigenvalue weighted by molar-refractivity contribution is 0.0730. The van der Waals surface area contributed by atoms with Gasteiger partial charge in [0.25, 0.3) is 0 Å². The molecule has 2 aliphatic rings. The fourth-order valence-electron chi connectivity index (χ4n) is 2.63. The van der Waals surface area contributed by atoms with Crippen LogP contribution in [-0.2, 0) is 0 Å². The number of rotatable bonds is 0. The first kappa shape index (κ1) is 16.6. The highest BCUT2D eigenvalue weighted by Crippen LogP contribution is 2.37. The lowest BCUT2D eigenvalue weighted by Crippen LogP contribution is -2.49. The van der Waals surface area contributed by atoms with Gasteiger partial charge < -0.3 is 15.3 Å². The molecule has 0 saturated carbocycles. The van der Waals surface area contributed by atoms with Crippen LogP contribution in [0.25, 0.3) is 0 Å². The van der Waals surface area contributed by atoms with Crippen LogP contribution < -0.4 is 5.32 Å². The third-order valence-electron chi connectivity index (χ3n) is 3.66. The van der Waals surface area contributed by atoms with E-state index in [0.717, 1.165) is 39.0 Å². The summed E-state index contributed by atoms with van der Waals surface area (Å²) >= 11 is 5.53. The van der Waals surface area contributed by atoms with E-state index in [-0.39, 0.29) is 4.87 Å². The van der Waals surface area contributed by atoms with E-state index < -0.39 is 6.09 Å². The van der Waals surface area contributed by atoms with Crippen LogP contribution in [0.2, 0.25) is 0 Å². The van der Waals surface area contributed by atoms with Crippen LogP contribution in [0.5, 0.6) is 0 Å². The molecule has 2 fully saturated rings. The van der Waals surface area contributed by atoms with Crippen molar-refractivity contribution in [2.24, 2.45) is 5.41 Å². The highest BCUT2D eigenvalue weighted by molar-refractivity contribution is 6.23. The number of halogens is 1. The molecule has 0 aromatic carbocycles. The number of alkyl halides is 1. The summed E-state index contributed by atoms with van der Waals surface area (Å²) in [6.45, 7) is 9.51. The number of carboxylic acid groups (broad SMARTS) is 1. The van der Waals surface area contributed by atoms with E-state index in [2.05, 4.69) is 5.32 Å². The minimum atomic E-state index is -0.761. The Hall–Kier alpha value is -0.480. The molecule has 2 rings (SSSR count). The number of carbonyl (C=O) groups is 1. The third kappa shape index (κ3) is 6.48. The van der Waals surface area contributed by atoms with Gasteiger partial charge in [-0.2, -0.15) is 0 Å². The van der Waals surface area contributed by atoms with Gasteiger partial charge in [-0.05, 0) is 58.4 Å². The minimum absolute atomic E-state index is 0.0278. The normalized spacial score (nSPS) is 22.6. The summed E-state index contributed by atoms with van der Waals surface area (Å²) in [6.07, 6.45) is 3.82. The van der Waals surface area contributed by atoms with E-state index in [1.165, 1.54) is 12.8 Å². The molecule has 0 radical (unpaired) electrons. The van der Waals surface area contributed by atoms with Crippen LogP contribution in [-0.4, -0.2) is 47.2 Å². The first-order valence-electron chi connectivity index (χ1n) is 7.09. The summed E-state index contributed by atoms with van der Waals surface area (Å²) in [5, 5.41) is 12.3. The predicted molar refractivity (Wildman–Crippen MR) is 79.0 cm³/mol. The molecule has 2 saturated heterocycles. The molecule has 2 aliphatic heterocycles. The van der Waals surface area contributed by atoms with Crippen LogP contribution in [0, 0.1) is 5.41 Å². The molecule has 0 aromatic rings. The summed E-state index contributed by atoms with van der Waals surface area (Å²) in [7, 11) is 0. The van der Waals surface area contributed by atoms with Crippen molar-refractivity contribution in [2.75, 3.05) is 26.2 Å². The zero-order valence-electron chi connectivity index (χ0n) is 12.3. The van der Waals surface area contributed by atoms with Gasteiger partial charge in [0.05, 0.1) is 0 Å². The highest BCUT2D eigenvalue weighted by atomic mass is 35.5. The standard InChI is InChI=1S/C10H18N2O2.C4H9Cl/c13-9(14)12-6-3-10(4-7-12)2-1-5-11-8-10;1-4(2,3)5/h11H,1-8H2,(H,13,14);1-3H3. The number of likely N-dealkylation sites (tertiary alicyclic amines) is 1. The minimum Gasteiger partial charge on any atom is -0.465 e. The Morgan fingerprint density at radius 3 is 2.16 bits per heavy atom. The summed E-state index contributed by atoms with van der Waals surface area (Å²) in [6, 6.07) is 0. The van der Waals surface area contributed by atoms with Crippen molar-refractivity contribution in [3.05, 3.63) is 0 Å². The second-order valence-corrected chi connectivity index (χ2v) is 7.75. The molecule has 4 nitrogen and oxygen atoms in total. The zero-order chi connectivity index (χ0) is 14.5. The maximum absolute atomic E-state index is 10.7. The second-order valence-electron chi connectivity index (χ2n) is 6.62. The topological polar surface area (TPSA) is 52.6 Å². The Morgan fingerprint density at radius 1 is 1.26 bits per heavy atom. The molecule has 0 aliphatic carbocycles. The van der Waals surface area contributed by atoms with Crippen LogP contribution in [0.3, 0.4) is 0 Å². The molecule has 0 unspecified atom stereocenters. The molecule has 19 heavy (non-hydrogen) atoms. The predicted octanol–water partition coefficient (Wildman–Crippen LogP) is 3.15. The average Bonchev–Trinajstić information content (AvgIpc) is 2.28. The van der Waals surface area contributed by atoms with Crippen molar-refractivity contribution in [3.8, 4) is 0 Å². The number of amides is 1. The van der Waals surface area contributed by atoms with E-state index in [1.54, 1.807) is 4.90 Å². The number of nitrogens with one attached hydrogen (secondary N) is 1. The quantitative estimate of drug-likeness (QED) is 0.674. The fraction of sp³-hybridized carbons (Fsp3) is 0.929. The van der Waals surface area contributed by atoms with E-state index in [0.29, 0.717) is 5.41 Å². The van der Waals surface area contributed by atoms with Crippen molar-refractivity contribution in [1.29, 1.82) is 0 Å². The molecular weight excluding hydrogens is 264 g/mol. The Bertz CT molecular complexity index is 280. The second kappa shape index (κ2) is 6.80. The Morgan fingerprint density at radius 2 is 1.79 bits per heavy atom. The Kier molecular flexibility index (Phi) is 5.93. The third-order valence-corrected chi connectivity index (χ3v) is 3.66. The van der Waals surface area contributed by atoms with Gasteiger partial charge in [0, 0.05) is 24.5 Å². The molecule has 0 atom stereocenters. The molecule has 0 bridgehead atoms. The largest absolute Gasteiger partial charge is 0.465 e. The molecule has 5 heteroatoms. The Labute approximate surface area is 121 Å². The van der Waals surface area contributed by atoms with Gasteiger partial charge in [0.1, 0.15) is 0 Å². The molecule has 0 aromatic heterocycles. The van der Waals surface area contributed by atoms with Gasteiger partial charge in [-0.25, -0.2) is 4.79 Å². The van der Waals surface area contributed by atoms with E-state index in [9.17, 15) is 4.79 Å². The zero-order valence-corrected chi connectivity index (χ0v) is 13.1. The van der Waals surface area contributed by atoms with E-state index in [1.807, 2.05) is 20.8 Å². The van der Waals surface area contributed by atoms with Crippen molar-refractivity contribution in [2.45, 2.75) is 51.3 Å². The lowest BCUT2D eigenvalue weighted by atomic mass is 9.73. The van der Waals surface area contributed by atoms with Gasteiger partial charge in [0.2, 0.25) is 0 Å². The molecule has 1 spiro atoms. The fourth-order valence-corrected chi connectivity index (χ4v) is 2.63. The average molecular weight is 291 g/mol. The smallest absolute Gasteiger partial charge is 0.407 e. The number of nitrogens with zero attached hydrogens (tertiary/aromatic N) is 1. The van der Waals surface area contributed by atoms with Gasteiger partial charge in [-0.1, -0.05) is 0 Å². The maximum Gasteiger partial charge on any atom is 0.407 e. The molecule has 1 amide bonds. The Balaban J connectivity index is 0.000000312. The van der Waals surface area contributed by atoms with Crippen molar-refractivity contribution >= 4 is 17.7 Å². The maximum atomic E-state index is 10.7. The van der Waals surface area contributed by atoms with Crippen LogP contribution in [0.1, 0.15) is 46.5 Å². The van der Waals surface area contributed by atoms with Crippen LogP contribution in [0.4, 0.5) is 4.79 Å².